The van der Waals surface area contributed by atoms with Crippen molar-refractivity contribution in [2.45, 2.75) is 51.6 Å². The highest BCUT2D eigenvalue weighted by molar-refractivity contribution is 6.00. The predicted molar refractivity (Wildman–Crippen MR) is 101 cm³/mol. The fraction of sp³-hybridized carbons (Fsp3) is 0.600. The third-order valence-corrected chi connectivity index (χ3v) is 5.77. The number of benzene rings is 1. The molecular formula is C20H27N3O4. The topological polar surface area (TPSA) is 71.1 Å². The molecule has 7 heteroatoms. The average Bonchev–Trinajstić information content (AvgIpc) is 3.06. The van der Waals surface area contributed by atoms with Crippen LogP contribution in [0.4, 0.5) is 5.69 Å². The standard InChI is InChI=1S/C20H27N3O4/c1-13-4-3-5-14(2)23(13)21-20(25)15-10-19(24)22(12-15)16-6-7-17-18(11-16)27-9-8-26-17/h6-7,11,13-15H,3-5,8-10,12H2,1-2H3,(H,21,25)/t13-,14-,15-/m0/s1. The van der Waals surface area contributed by atoms with Crippen LogP contribution in [-0.2, 0) is 9.59 Å². The van der Waals surface area contributed by atoms with Crippen molar-refractivity contribution < 1.29 is 19.1 Å². The molecule has 0 aromatic heterocycles. The number of hydrazine groups is 1. The monoisotopic (exact) mass is 373 g/mol. The summed E-state index contributed by atoms with van der Waals surface area (Å²) in [6, 6.07) is 6.14. The molecule has 146 valence electrons. The first-order valence-corrected chi connectivity index (χ1v) is 9.82. The van der Waals surface area contributed by atoms with E-state index in [2.05, 4.69) is 24.3 Å². The Balaban J connectivity index is 1.43. The lowest BCUT2D eigenvalue weighted by Gasteiger charge is -2.39. The summed E-state index contributed by atoms with van der Waals surface area (Å²) in [7, 11) is 0. The zero-order chi connectivity index (χ0) is 19.0. The minimum atomic E-state index is -0.341. The Morgan fingerprint density at radius 1 is 1.11 bits per heavy atom. The molecule has 4 rings (SSSR count). The fourth-order valence-electron chi connectivity index (χ4n) is 4.19. The maximum atomic E-state index is 12.8. The maximum Gasteiger partial charge on any atom is 0.239 e. The maximum absolute atomic E-state index is 12.8. The number of nitrogens with zero attached hydrogens (tertiary/aromatic N) is 2. The van der Waals surface area contributed by atoms with E-state index in [9.17, 15) is 9.59 Å². The molecule has 3 heterocycles. The molecule has 1 aromatic carbocycles. The highest BCUT2D eigenvalue weighted by atomic mass is 16.6. The molecule has 3 aliphatic heterocycles. The minimum Gasteiger partial charge on any atom is -0.486 e. The summed E-state index contributed by atoms with van der Waals surface area (Å²) < 4.78 is 11.1. The number of rotatable bonds is 3. The van der Waals surface area contributed by atoms with E-state index in [0.29, 0.717) is 43.3 Å². The van der Waals surface area contributed by atoms with E-state index in [1.807, 2.05) is 18.2 Å². The van der Waals surface area contributed by atoms with Crippen LogP contribution in [0, 0.1) is 5.92 Å². The highest BCUT2D eigenvalue weighted by Gasteiger charge is 2.37. The molecule has 0 aliphatic carbocycles. The lowest BCUT2D eigenvalue weighted by atomic mass is 9.99. The number of ether oxygens (including phenoxy) is 2. The van der Waals surface area contributed by atoms with E-state index in [1.165, 1.54) is 6.42 Å². The van der Waals surface area contributed by atoms with Gasteiger partial charge in [-0.2, -0.15) is 0 Å². The SMILES string of the molecule is C[C@H]1CCC[C@H](C)N1NC(=O)[C@H]1CC(=O)N(c2ccc3c(c2)OCCO3)C1. The molecule has 3 aliphatic rings. The Bertz CT molecular complexity index is 728. The summed E-state index contributed by atoms with van der Waals surface area (Å²) in [5, 5.41) is 2.06. The normalized spacial score (nSPS) is 28.3. The van der Waals surface area contributed by atoms with Gasteiger partial charge in [0.05, 0.1) is 5.92 Å². The van der Waals surface area contributed by atoms with Crippen molar-refractivity contribution in [1.82, 2.24) is 10.4 Å². The number of hydrogen-bond donors (Lipinski definition) is 1. The van der Waals surface area contributed by atoms with E-state index in [-0.39, 0.29) is 24.2 Å². The number of hydrogen-bond acceptors (Lipinski definition) is 5. The molecule has 0 radical (unpaired) electrons. The lowest BCUT2D eigenvalue weighted by Crippen LogP contribution is -2.55. The molecule has 0 spiro atoms. The highest BCUT2D eigenvalue weighted by Crippen LogP contribution is 2.36. The van der Waals surface area contributed by atoms with Crippen LogP contribution < -0.4 is 19.8 Å². The van der Waals surface area contributed by atoms with Crippen LogP contribution in [-0.4, -0.2) is 48.7 Å². The molecule has 1 aromatic rings. The summed E-state index contributed by atoms with van der Waals surface area (Å²) in [6.45, 7) is 5.70. The van der Waals surface area contributed by atoms with E-state index in [1.54, 1.807) is 4.90 Å². The van der Waals surface area contributed by atoms with Gasteiger partial charge in [-0.3, -0.25) is 15.0 Å². The first-order valence-electron chi connectivity index (χ1n) is 9.82. The number of anilines is 1. The van der Waals surface area contributed by atoms with E-state index in [4.69, 9.17) is 9.47 Å². The van der Waals surface area contributed by atoms with E-state index in [0.717, 1.165) is 18.5 Å². The van der Waals surface area contributed by atoms with Crippen molar-refractivity contribution >= 4 is 17.5 Å². The summed E-state index contributed by atoms with van der Waals surface area (Å²) in [5.41, 5.74) is 3.82. The molecule has 27 heavy (non-hydrogen) atoms. The first kappa shape index (κ1) is 18.1. The third kappa shape index (κ3) is 3.60. The number of amides is 2. The number of fused-ring (bicyclic) bond motifs is 1. The summed E-state index contributed by atoms with van der Waals surface area (Å²) in [5.74, 6) is 0.900. The van der Waals surface area contributed by atoms with Crippen LogP contribution in [0.3, 0.4) is 0 Å². The summed E-state index contributed by atoms with van der Waals surface area (Å²) in [4.78, 5) is 27.0. The predicted octanol–water partition coefficient (Wildman–Crippen LogP) is 2.10. The molecule has 2 fully saturated rings. The average molecular weight is 373 g/mol. The van der Waals surface area contributed by atoms with Gasteiger partial charge in [0.15, 0.2) is 11.5 Å². The molecular weight excluding hydrogens is 346 g/mol. The van der Waals surface area contributed by atoms with Crippen LogP contribution in [0.5, 0.6) is 11.5 Å². The van der Waals surface area contributed by atoms with Gasteiger partial charge in [0, 0.05) is 36.8 Å². The van der Waals surface area contributed by atoms with Crippen molar-refractivity contribution in [2.24, 2.45) is 5.92 Å². The fourth-order valence-corrected chi connectivity index (χ4v) is 4.19. The quantitative estimate of drug-likeness (QED) is 0.879. The van der Waals surface area contributed by atoms with Gasteiger partial charge in [0.25, 0.3) is 0 Å². The molecule has 2 saturated heterocycles. The van der Waals surface area contributed by atoms with E-state index < -0.39 is 0 Å². The van der Waals surface area contributed by atoms with Crippen molar-refractivity contribution in [3.63, 3.8) is 0 Å². The lowest BCUT2D eigenvalue weighted by molar-refractivity contribution is -0.133. The van der Waals surface area contributed by atoms with Gasteiger partial charge in [-0.05, 0) is 38.8 Å². The van der Waals surface area contributed by atoms with Crippen LogP contribution in [0.15, 0.2) is 18.2 Å². The Morgan fingerprint density at radius 2 is 1.81 bits per heavy atom. The number of carbonyl (C=O) groups is 2. The zero-order valence-corrected chi connectivity index (χ0v) is 15.9. The second-order valence-corrected chi connectivity index (χ2v) is 7.75. The molecule has 3 atom stereocenters. The number of nitrogens with one attached hydrogen (secondary N) is 1. The first-order chi connectivity index (χ1) is 13.0. The molecule has 1 N–H and O–H groups in total. The van der Waals surface area contributed by atoms with Crippen LogP contribution >= 0.6 is 0 Å². The van der Waals surface area contributed by atoms with Gasteiger partial charge >= 0.3 is 0 Å². The molecule has 7 nitrogen and oxygen atoms in total. The Hall–Kier alpha value is -2.28. The zero-order valence-electron chi connectivity index (χ0n) is 15.9. The van der Waals surface area contributed by atoms with Gasteiger partial charge in [-0.25, -0.2) is 5.01 Å². The largest absolute Gasteiger partial charge is 0.486 e. The van der Waals surface area contributed by atoms with Crippen LogP contribution in [0.2, 0.25) is 0 Å². The van der Waals surface area contributed by atoms with Crippen LogP contribution in [0.25, 0.3) is 0 Å². The second-order valence-electron chi connectivity index (χ2n) is 7.75. The summed E-state index contributed by atoms with van der Waals surface area (Å²) >= 11 is 0. The van der Waals surface area contributed by atoms with Gasteiger partial charge in [-0.15, -0.1) is 0 Å². The van der Waals surface area contributed by atoms with Crippen LogP contribution in [0.1, 0.15) is 39.5 Å². The summed E-state index contributed by atoms with van der Waals surface area (Å²) in [6.07, 6.45) is 3.58. The van der Waals surface area contributed by atoms with Crippen molar-refractivity contribution in [3.8, 4) is 11.5 Å². The second kappa shape index (κ2) is 7.38. The Morgan fingerprint density at radius 3 is 2.56 bits per heavy atom. The Labute approximate surface area is 159 Å². The van der Waals surface area contributed by atoms with Gasteiger partial charge in [0.2, 0.25) is 11.8 Å². The van der Waals surface area contributed by atoms with Crippen molar-refractivity contribution in [1.29, 1.82) is 0 Å². The minimum absolute atomic E-state index is 0.0356. The van der Waals surface area contributed by atoms with Gasteiger partial charge < -0.3 is 14.4 Å². The number of carbonyl (C=O) groups excluding carboxylic acids is 2. The van der Waals surface area contributed by atoms with Crippen molar-refractivity contribution in [3.05, 3.63) is 18.2 Å². The third-order valence-electron chi connectivity index (χ3n) is 5.77. The smallest absolute Gasteiger partial charge is 0.239 e. The Kier molecular flexibility index (Phi) is 4.95. The van der Waals surface area contributed by atoms with E-state index >= 15 is 0 Å². The number of piperidine rings is 1. The van der Waals surface area contributed by atoms with Gasteiger partial charge in [0.1, 0.15) is 13.2 Å². The molecule has 0 unspecified atom stereocenters. The van der Waals surface area contributed by atoms with Crippen molar-refractivity contribution in [2.75, 3.05) is 24.7 Å². The van der Waals surface area contributed by atoms with Gasteiger partial charge in [-0.1, -0.05) is 6.42 Å². The molecule has 0 saturated carbocycles. The molecule has 2 amide bonds. The molecule has 0 bridgehead atoms.